The Hall–Kier alpha value is -1.40. The number of nitrogens with one attached hydrogen (secondary N) is 1. The summed E-state index contributed by atoms with van der Waals surface area (Å²) in [6, 6.07) is 5.76. The number of rotatable bonds is 7. The largest absolute Gasteiger partial charge is 0.344 e. The molecule has 0 fully saturated rings. The second-order valence-corrected chi connectivity index (χ2v) is 10.5. The first-order chi connectivity index (χ1) is 12.4. The molecule has 0 heterocycles. The Bertz CT molecular complexity index is 765. The molecule has 0 spiro atoms. The van der Waals surface area contributed by atoms with Crippen molar-refractivity contribution in [3.63, 3.8) is 0 Å². The third-order valence-electron chi connectivity index (χ3n) is 5.02. The van der Waals surface area contributed by atoms with E-state index in [-0.39, 0.29) is 11.5 Å². The van der Waals surface area contributed by atoms with Crippen LogP contribution in [-0.4, -0.2) is 26.7 Å². The molecule has 0 aromatic heterocycles. The zero-order valence-corrected chi connectivity index (χ0v) is 18.0. The van der Waals surface area contributed by atoms with Gasteiger partial charge in [0.25, 0.3) is 0 Å². The van der Waals surface area contributed by atoms with E-state index in [2.05, 4.69) is 48.5 Å². The van der Waals surface area contributed by atoms with E-state index < -0.39 is 22.1 Å². The van der Waals surface area contributed by atoms with Crippen molar-refractivity contribution in [2.45, 2.75) is 78.3 Å². The van der Waals surface area contributed by atoms with E-state index in [1.54, 1.807) is 0 Å². The second-order valence-electron chi connectivity index (χ2n) is 8.88. The zero-order valence-electron chi connectivity index (χ0n) is 17.2. The Balaban J connectivity index is 2.13. The third kappa shape index (κ3) is 7.26. The molecule has 1 aromatic carbocycles. The van der Waals surface area contributed by atoms with Gasteiger partial charge in [-0.1, -0.05) is 39.0 Å². The minimum absolute atomic E-state index is 0.0420. The van der Waals surface area contributed by atoms with Crippen molar-refractivity contribution in [3.8, 4) is 0 Å². The van der Waals surface area contributed by atoms with Gasteiger partial charge in [0.2, 0.25) is 0 Å². The van der Waals surface area contributed by atoms with Gasteiger partial charge in [0.1, 0.15) is 6.04 Å². The van der Waals surface area contributed by atoms with Gasteiger partial charge in [-0.3, -0.25) is 5.32 Å². The molecule has 152 valence electrons. The lowest BCUT2D eigenvalue weighted by Gasteiger charge is -2.26. The first-order valence-electron chi connectivity index (χ1n) is 9.76. The third-order valence-corrected chi connectivity index (χ3v) is 5.49. The minimum Gasteiger partial charge on any atom is -0.344 e. The van der Waals surface area contributed by atoms with Crippen LogP contribution in [0.1, 0.15) is 76.1 Å². The fourth-order valence-corrected chi connectivity index (χ4v) is 3.89. The number of carbonyl (C=O) groups is 1. The summed E-state index contributed by atoms with van der Waals surface area (Å²) in [5.74, 6) is -0.730. The van der Waals surface area contributed by atoms with Gasteiger partial charge >= 0.3 is 16.1 Å². The summed E-state index contributed by atoms with van der Waals surface area (Å²) >= 11 is 0. The molecule has 0 unspecified atom stereocenters. The minimum atomic E-state index is -3.82. The van der Waals surface area contributed by atoms with E-state index in [1.165, 1.54) is 24.0 Å². The number of hydrogen-bond acceptors (Lipinski definition) is 5. The second kappa shape index (κ2) is 8.74. The van der Waals surface area contributed by atoms with Gasteiger partial charge in [-0.05, 0) is 67.6 Å². The Kier molecular flexibility index (Phi) is 7.09. The molecule has 0 aliphatic heterocycles. The van der Waals surface area contributed by atoms with Crippen LogP contribution in [0.4, 0.5) is 0 Å². The van der Waals surface area contributed by atoms with Crippen molar-refractivity contribution in [2.75, 3.05) is 6.26 Å². The average molecular weight is 396 g/mol. The highest BCUT2D eigenvalue weighted by Gasteiger charge is 2.27. The first kappa shape index (κ1) is 21.9. The molecule has 0 saturated carbocycles. The van der Waals surface area contributed by atoms with Crippen LogP contribution in [0.25, 0.3) is 0 Å². The highest BCUT2D eigenvalue weighted by molar-refractivity contribution is 7.86. The summed E-state index contributed by atoms with van der Waals surface area (Å²) in [5.41, 5.74) is 3.96. The number of carbonyl (C=O) groups excluding carboxylic acids is 1. The summed E-state index contributed by atoms with van der Waals surface area (Å²) in [6.45, 7) is 8.29. The van der Waals surface area contributed by atoms with Crippen molar-refractivity contribution in [1.29, 1.82) is 0 Å². The van der Waals surface area contributed by atoms with Crippen LogP contribution in [0.3, 0.4) is 0 Å². The number of hydrogen-bond donors (Lipinski definition) is 1. The maximum Gasteiger partial charge on any atom is 0.338 e. The topological polar surface area (TPSA) is 72.5 Å². The van der Waals surface area contributed by atoms with E-state index in [0.29, 0.717) is 6.42 Å². The molecule has 1 aliphatic carbocycles. The highest BCUT2D eigenvalue weighted by atomic mass is 32.2. The fraction of sp³-hybridized carbons (Fsp3) is 0.667. The monoisotopic (exact) mass is 395 g/mol. The highest BCUT2D eigenvalue weighted by Crippen LogP contribution is 2.26. The van der Waals surface area contributed by atoms with Crippen molar-refractivity contribution in [1.82, 2.24) is 5.32 Å². The Morgan fingerprint density at radius 2 is 1.81 bits per heavy atom. The van der Waals surface area contributed by atoms with E-state index in [4.69, 9.17) is 0 Å². The van der Waals surface area contributed by atoms with Gasteiger partial charge < -0.3 is 4.18 Å². The van der Waals surface area contributed by atoms with Gasteiger partial charge in [0.15, 0.2) is 0 Å². The summed E-state index contributed by atoms with van der Waals surface area (Å²) in [6.07, 6.45) is 6.89. The summed E-state index contributed by atoms with van der Waals surface area (Å²) in [5, 5.41) is 3.30. The van der Waals surface area contributed by atoms with Gasteiger partial charge in [0.05, 0.1) is 6.26 Å². The molecule has 2 atom stereocenters. The van der Waals surface area contributed by atoms with E-state index in [9.17, 15) is 13.2 Å². The lowest BCUT2D eigenvalue weighted by Crippen LogP contribution is -2.41. The van der Waals surface area contributed by atoms with Crippen molar-refractivity contribution in [3.05, 3.63) is 34.9 Å². The average Bonchev–Trinajstić information content (AvgIpc) is 2.55. The molecule has 0 amide bonds. The summed E-state index contributed by atoms with van der Waals surface area (Å²) in [7, 11) is -3.82. The molecule has 0 saturated heterocycles. The molecular formula is C21H33NO4S. The smallest absolute Gasteiger partial charge is 0.338 e. The first-order valence-corrected chi connectivity index (χ1v) is 11.6. The molecule has 0 bridgehead atoms. The predicted molar refractivity (Wildman–Crippen MR) is 108 cm³/mol. The van der Waals surface area contributed by atoms with Crippen LogP contribution in [0.15, 0.2) is 18.2 Å². The van der Waals surface area contributed by atoms with Crippen LogP contribution < -0.4 is 5.32 Å². The van der Waals surface area contributed by atoms with E-state index >= 15 is 0 Å². The van der Waals surface area contributed by atoms with Gasteiger partial charge in [-0.15, -0.1) is 0 Å². The normalized spacial score (nSPS) is 17.1. The van der Waals surface area contributed by atoms with Crippen molar-refractivity contribution < 1.29 is 17.4 Å². The van der Waals surface area contributed by atoms with Gasteiger partial charge in [-0.25, -0.2) is 4.79 Å². The Morgan fingerprint density at radius 3 is 2.41 bits per heavy atom. The van der Waals surface area contributed by atoms with Gasteiger partial charge in [0, 0.05) is 6.04 Å². The molecule has 5 nitrogen and oxygen atoms in total. The Morgan fingerprint density at radius 1 is 1.19 bits per heavy atom. The number of aryl methyl sites for hydroxylation is 2. The number of fused-ring (bicyclic) bond motifs is 1. The van der Waals surface area contributed by atoms with Crippen LogP contribution in [0, 0.1) is 5.41 Å². The molecule has 1 N–H and O–H groups in total. The maximum absolute atomic E-state index is 12.4. The zero-order chi connectivity index (χ0) is 20.2. The standard InChI is InChI=1S/C21H33NO4S/c1-15(17-11-10-16-8-6-7-9-18(16)14-17)22-19(12-13-21(2,3)4)20(23)26-27(5,24)25/h10-11,14-15,19,22H,6-9,12-13H2,1-5H3/t15-,19+/m1/s1. The molecular weight excluding hydrogens is 362 g/mol. The van der Waals surface area contributed by atoms with Crippen LogP contribution in [-0.2, 0) is 31.9 Å². The molecule has 1 aliphatic rings. The lowest BCUT2D eigenvalue weighted by atomic mass is 9.88. The van der Waals surface area contributed by atoms with Crippen LogP contribution >= 0.6 is 0 Å². The van der Waals surface area contributed by atoms with E-state index in [1.807, 2.05) is 6.92 Å². The summed E-state index contributed by atoms with van der Waals surface area (Å²) in [4.78, 5) is 12.4. The molecule has 6 heteroatoms. The molecule has 2 rings (SSSR count). The Labute approximate surface area is 164 Å². The van der Waals surface area contributed by atoms with E-state index in [0.717, 1.165) is 31.1 Å². The lowest BCUT2D eigenvalue weighted by molar-refractivity contribution is -0.136. The SMILES string of the molecule is C[C@@H](N[C@@H](CCC(C)(C)C)C(=O)OS(C)(=O)=O)c1ccc2c(c1)CCCC2. The molecule has 1 aromatic rings. The quantitative estimate of drug-likeness (QED) is 0.709. The maximum atomic E-state index is 12.4. The van der Waals surface area contributed by atoms with Crippen LogP contribution in [0.5, 0.6) is 0 Å². The van der Waals surface area contributed by atoms with Crippen LogP contribution in [0.2, 0.25) is 0 Å². The van der Waals surface area contributed by atoms with Crippen molar-refractivity contribution >= 4 is 16.1 Å². The fourth-order valence-electron chi connectivity index (χ4n) is 3.47. The summed E-state index contributed by atoms with van der Waals surface area (Å²) < 4.78 is 27.4. The van der Waals surface area contributed by atoms with Gasteiger partial charge in [-0.2, -0.15) is 8.42 Å². The molecule has 27 heavy (non-hydrogen) atoms. The molecule has 0 radical (unpaired) electrons. The van der Waals surface area contributed by atoms with Crippen molar-refractivity contribution in [2.24, 2.45) is 5.41 Å². The number of benzene rings is 1. The predicted octanol–water partition coefficient (Wildman–Crippen LogP) is 3.91.